The van der Waals surface area contributed by atoms with E-state index in [9.17, 15) is 4.79 Å². The number of H-pyrrole nitrogens is 1. The topological polar surface area (TPSA) is 110 Å². The minimum absolute atomic E-state index is 0.0670. The average molecular weight is 292 g/mol. The van der Waals surface area contributed by atoms with Crippen molar-refractivity contribution in [2.45, 2.75) is 6.54 Å². The quantitative estimate of drug-likeness (QED) is 0.636. The highest BCUT2D eigenvalue weighted by molar-refractivity contribution is 6.28. The summed E-state index contributed by atoms with van der Waals surface area (Å²) in [5, 5.41) is 3.78. The summed E-state index contributed by atoms with van der Waals surface area (Å²) >= 11 is 5.85. The Labute approximate surface area is 118 Å². The molecule has 0 aliphatic heterocycles. The van der Waals surface area contributed by atoms with E-state index < -0.39 is 5.91 Å². The summed E-state index contributed by atoms with van der Waals surface area (Å²) in [4.78, 5) is 22.1. The van der Waals surface area contributed by atoms with Gasteiger partial charge in [0, 0.05) is 0 Å². The highest BCUT2D eigenvalue weighted by atomic mass is 35.5. The van der Waals surface area contributed by atoms with Crippen molar-refractivity contribution in [1.29, 1.82) is 0 Å². The molecule has 1 amide bonds. The van der Waals surface area contributed by atoms with Crippen LogP contribution in [0.4, 0.5) is 5.82 Å². The normalized spacial score (nSPS) is 10.8. The van der Waals surface area contributed by atoms with E-state index in [0.29, 0.717) is 23.4 Å². The summed E-state index contributed by atoms with van der Waals surface area (Å²) in [6.07, 6.45) is 1.58. The van der Waals surface area contributed by atoms with Gasteiger partial charge in [0.15, 0.2) is 0 Å². The van der Waals surface area contributed by atoms with E-state index in [0.717, 1.165) is 5.76 Å². The summed E-state index contributed by atoms with van der Waals surface area (Å²) in [5.74, 6) is 0.676. The van der Waals surface area contributed by atoms with Crippen molar-refractivity contribution in [2.24, 2.45) is 5.73 Å². The Kier molecular flexibility index (Phi) is 3.03. The lowest BCUT2D eigenvalue weighted by Gasteiger charge is -2.04. The minimum Gasteiger partial charge on any atom is -0.467 e. The molecule has 4 N–H and O–H groups in total. The number of nitrogens with one attached hydrogen (secondary N) is 2. The first kappa shape index (κ1) is 12.5. The smallest absolute Gasteiger partial charge is 0.265 e. The zero-order valence-corrected chi connectivity index (χ0v) is 10.9. The van der Waals surface area contributed by atoms with Crippen LogP contribution in [0, 0.1) is 0 Å². The van der Waals surface area contributed by atoms with Crippen molar-refractivity contribution in [2.75, 3.05) is 5.32 Å². The van der Waals surface area contributed by atoms with Crippen LogP contribution in [0.15, 0.2) is 28.9 Å². The number of anilines is 1. The molecule has 3 rings (SSSR count). The van der Waals surface area contributed by atoms with E-state index in [1.165, 1.54) is 0 Å². The first-order valence-electron chi connectivity index (χ1n) is 5.76. The van der Waals surface area contributed by atoms with Crippen molar-refractivity contribution in [1.82, 2.24) is 15.0 Å². The van der Waals surface area contributed by atoms with E-state index in [1.54, 1.807) is 18.4 Å². The molecular formula is C12H10ClN5O2. The first-order valence-corrected chi connectivity index (χ1v) is 6.13. The van der Waals surface area contributed by atoms with Gasteiger partial charge in [-0.25, -0.2) is 4.98 Å². The Bertz CT molecular complexity index is 766. The summed E-state index contributed by atoms with van der Waals surface area (Å²) < 4.78 is 5.22. The number of carbonyl (C=O) groups excluding carboxylic acids is 1. The number of fused-ring (bicyclic) bond motifs is 1. The number of aromatic amines is 1. The molecule has 0 saturated carbocycles. The summed E-state index contributed by atoms with van der Waals surface area (Å²) in [7, 11) is 0. The predicted molar refractivity (Wildman–Crippen MR) is 73.5 cm³/mol. The first-order chi connectivity index (χ1) is 9.63. The average Bonchev–Trinajstić information content (AvgIpc) is 3.04. The van der Waals surface area contributed by atoms with Gasteiger partial charge in [0.05, 0.1) is 18.2 Å². The van der Waals surface area contributed by atoms with Crippen LogP contribution in [-0.4, -0.2) is 20.9 Å². The summed E-state index contributed by atoms with van der Waals surface area (Å²) in [6.45, 7) is 0.437. The van der Waals surface area contributed by atoms with Gasteiger partial charge in [0.1, 0.15) is 22.9 Å². The third-order valence-electron chi connectivity index (χ3n) is 2.74. The maximum Gasteiger partial charge on any atom is 0.265 e. The SMILES string of the molecule is NC(=O)c1cc2c(NCc3ccco3)nc(Cl)nc2[nH]1. The molecule has 0 saturated heterocycles. The molecular weight excluding hydrogens is 282 g/mol. The lowest BCUT2D eigenvalue weighted by Crippen LogP contribution is -2.10. The molecule has 0 bridgehead atoms. The number of primary amides is 1. The molecule has 0 unspecified atom stereocenters. The molecule has 20 heavy (non-hydrogen) atoms. The second kappa shape index (κ2) is 4.86. The van der Waals surface area contributed by atoms with Crippen LogP contribution in [0.1, 0.15) is 16.2 Å². The van der Waals surface area contributed by atoms with Crippen LogP contribution in [-0.2, 0) is 6.54 Å². The molecule has 0 atom stereocenters. The number of amides is 1. The molecule has 3 heterocycles. The van der Waals surface area contributed by atoms with Gasteiger partial charge in [-0.15, -0.1) is 0 Å². The Morgan fingerprint density at radius 1 is 1.50 bits per heavy atom. The van der Waals surface area contributed by atoms with E-state index in [-0.39, 0.29) is 11.0 Å². The molecule has 3 aromatic rings. The fourth-order valence-electron chi connectivity index (χ4n) is 1.83. The number of halogens is 1. The number of hydrogen-bond donors (Lipinski definition) is 3. The number of aromatic nitrogens is 3. The molecule has 8 heteroatoms. The lowest BCUT2D eigenvalue weighted by atomic mass is 10.3. The van der Waals surface area contributed by atoms with E-state index >= 15 is 0 Å². The van der Waals surface area contributed by atoms with Crippen molar-refractivity contribution in [3.05, 3.63) is 41.2 Å². The fraction of sp³-hybridized carbons (Fsp3) is 0.0833. The lowest BCUT2D eigenvalue weighted by molar-refractivity contribution is 0.0996. The van der Waals surface area contributed by atoms with Gasteiger partial charge in [-0.05, 0) is 29.8 Å². The fourth-order valence-corrected chi connectivity index (χ4v) is 2.00. The third kappa shape index (κ3) is 2.30. The zero-order valence-electron chi connectivity index (χ0n) is 10.2. The number of furan rings is 1. The molecule has 7 nitrogen and oxygen atoms in total. The molecule has 102 valence electrons. The summed E-state index contributed by atoms with van der Waals surface area (Å²) in [5.41, 5.74) is 5.92. The minimum atomic E-state index is -0.573. The number of rotatable bonds is 4. The van der Waals surface area contributed by atoms with E-state index in [1.807, 2.05) is 6.07 Å². The van der Waals surface area contributed by atoms with Crippen molar-refractivity contribution in [3.8, 4) is 0 Å². The predicted octanol–water partition coefficient (Wildman–Crippen LogP) is 1.92. The molecule has 3 aromatic heterocycles. The van der Waals surface area contributed by atoms with Gasteiger partial charge >= 0.3 is 0 Å². The van der Waals surface area contributed by atoms with Crippen LogP contribution in [0.2, 0.25) is 5.28 Å². The van der Waals surface area contributed by atoms with Gasteiger partial charge in [0.2, 0.25) is 5.28 Å². The second-order valence-corrected chi connectivity index (χ2v) is 4.42. The molecule has 0 aromatic carbocycles. The van der Waals surface area contributed by atoms with E-state index in [2.05, 4.69) is 20.3 Å². The van der Waals surface area contributed by atoms with Crippen molar-refractivity contribution in [3.63, 3.8) is 0 Å². The maximum absolute atomic E-state index is 11.2. The standard InChI is InChI=1S/C12H10ClN5O2/c13-12-17-10(15-5-6-2-1-3-20-6)7-4-8(9(14)19)16-11(7)18-12/h1-4H,5H2,(H2,14,19)(H2,15,16,17,18). The maximum atomic E-state index is 11.2. The van der Waals surface area contributed by atoms with Gasteiger partial charge in [-0.3, -0.25) is 4.79 Å². The van der Waals surface area contributed by atoms with E-state index in [4.69, 9.17) is 21.8 Å². The Balaban J connectivity index is 1.98. The Hall–Kier alpha value is -2.54. The third-order valence-corrected chi connectivity index (χ3v) is 2.90. The zero-order chi connectivity index (χ0) is 14.1. The van der Waals surface area contributed by atoms with Crippen molar-refractivity contribution < 1.29 is 9.21 Å². The number of hydrogen-bond acceptors (Lipinski definition) is 5. The molecule has 0 spiro atoms. The van der Waals surface area contributed by atoms with Gasteiger partial charge < -0.3 is 20.5 Å². The molecule has 0 fully saturated rings. The van der Waals surface area contributed by atoms with Gasteiger partial charge in [-0.2, -0.15) is 4.98 Å². The van der Waals surface area contributed by atoms with Gasteiger partial charge in [0.25, 0.3) is 5.91 Å². The number of carbonyl (C=O) groups is 1. The number of nitrogens with two attached hydrogens (primary N) is 1. The Morgan fingerprint density at radius 3 is 3.05 bits per heavy atom. The molecule has 0 aliphatic rings. The summed E-state index contributed by atoms with van der Waals surface area (Å²) in [6, 6.07) is 5.21. The molecule has 0 radical (unpaired) electrons. The second-order valence-electron chi connectivity index (χ2n) is 4.08. The van der Waals surface area contributed by atoms with Crippen molar-refractivity contribution >= 4 is 34.4 Å². The van der Waals surface area contributed by atoms with Crippen LogP contribution < -0.4 is 11.1 Å². The van der Waals surface area contributed by atoms with Crippen LogP contribution in [0.25, 0.3) is 11.0 Å². The van der Waals surface area contributed by atoms with Crippen LogP contribution in [0.5, 0.6) is 0 Å². The monoisotopic (exact) mass is 291 g/mol. The van der Waals surface area contributed by atoms with Crippen LogP contribution in [0.3, 0.4) is 0 Å². The van der Waals surface area contributed by atoms with Crippen LogP contribution >= 0.6 is 11.6 Å². The Morgan fingerprint density at radius 2 is 2.35 bits per heavy atom. The highest BCUT2D eigenvalue weighted by Gasteiger charge is 2.13. The highest BCUT2D eigenvalue weighted by Crippen LogP contribution is 2.23. The largest absolute Gasteiger partial charge is 0.467 e. The number of nitrogens with zero attached hydrogens (tertiary/aromatic N) is 2. The van der Waals surface area contributed by atoms with Gasteiger partial charge in [-0.1, -0.05) is 0 Å². The molecule has 0 aliphatic carbocycles.